The SMILES string of the molecule is CCOP(=O)(CCN(CCOC(C)C)CCP(=O)(OCC)OCC)OCC. The molecule has 164 valence electrons. The van der Waals surface area contributed by atoms with Crippen molar-refractivity contribution in [2.45, 2.75) is 47.6 Å². The van der Waals surface area contributed by atoms with E-state index in [1.807, 2.05) is 18.7 Å². The maximum Gasteiger partial charge on any atom is 0.331 e. The molecule has 27 heavy (non-hydrogen) atoms. The second-order valence-electron chi connectivity index (χ2n) is 6.10. The van der Waals surface area contributed by atoms with E-state index in [1.165, 1.54) is 0 Å². The Kier molecular flexibility index (Phi) is 15.2. The predicted molar refractivity (Wildman–Crippen MR) is 109 cm³/mol. The largest absolute Gasteiger partial charge is 0.377 e. The van der Waals surface area contributed by atoms with Gasteiger partial charge < -0.3 is 22.8 Å². The molecular weight excluding hydrogens is 392 g/mol. The minimum absolute atomic E-state index is 0.128. The third kappa shape index (κ3) is 13.1. The van der Waals surface area contributed by atoms with Gasteiger partial charge in [-0.15, -0.1) is 0 Å². The van der Waals surface area contributed by atoms with Crippen LogP contribution in [-0.4, -0.2) is 76.0 Å². The Balaban J connectivity index is 4.89. The summed E-state index contributed by atoms with van der Waals surface area (Å²) in [6.07, 6.45) is 0.663. The van der Waals surface area contributed by atoms with E-state index in [0.717, 1.165) is 0 Å². The molecule has 0 aromatic rings. The van der Waals surface area contributed by atoms with Crippen molar-refractivity contribution in [1.82, 2.24) is 4.90 Å². The van der Waals surface area contributed by atoms with E-state index < -0.39 is 15.2 Å². The van der Waals surface area contributed by atoms with Gasteiger partial charge in [0.2, 0.25) is 0 Å². The zero-order valence-corrected chi connectivity index (χ0v) is 19.6. The lowest BCUT2D eigenvalue weighted by atomic mass is 10.4. The Morgan fingerprint density at radius 3 is 1.37 bits per heavy atom. The van der Waals surface area contributed by atoms with E-state index in [9.17, 15) is 9.13 Å². The zero-order valence-electron chi connectivity index (χ0n) is 17.8. The molecule has 0 unspecified atom stereocenters. The molecule has 0 saturated carbocycles. The van der Waals surface area contributed by atoms with Gasteiger partial charge in [-0.05, 0) is 41.5 Å². The van der Waals surface area contributed by atoms with Crippen LogP contribution in [0.2, 0.25) is 0 Å². The van der Waals surface area contributed by atoms with E-state index in [2.05, 4.69) is 0 Å². The second-order valence-corrected chi connectivity index (χ2v) is 10.5. The fourth-order valence-corrected chi connectivity index (χ4v) is 5.69. The van der Waals surface area contributed by atoms with Crippen LogP contribution in [0.5, 0.6) is 0 Å². The molecule has 0 aliphatic rings. The van der Waals surface area contributed by atoms with Crippen molar-refractivity contribution in [2.24, 2.45) is 0 Å². The van der Waals surface area contributed by atoms with Gasteiger partial charge in [0, 0.05) is 19.6 Å². The predicted octanol–water partition coefficient (Wildman–Crippen LogP) is 4.25. The van der Waals surface area contributed by atoms with Crippen LogP contribution in [0.4, 0.5) is 0 Å². The van der Waals surface area contributed by atoms with E-state index in [-0.39, 0.29) is 18.4 Å². The highest BCUT2D eigenvalue weighted by atomic mass is 31.2. The Morgan fingerprint density at radius 1 is 0.704 bits per heavy atom. The smallest absolute Gasteiger partial charge is 0.331 e. The van der Waals surface area contributed by atoms with E-state index in [4.69, 9.17) is 22.8 Å². The first-order valence-electron chi connectivity index (χ1n) is 9.84. The number of nitrogens with zero attached hydrogens (tertiary/aromatic N) is 1. The molecule has 10 heteroatoms. The van der Waals surface area contributed by atoms with E-state index >= 15 is 0 Å². The highest BCUT2D eigenvalue weighted by molar-refractivity contribution is 7.54. The van der Waals surface area contributed by atoms with Crippen molar-refractivity contribution < 1.29 is 32.0 Å². The zero-order chi connectivity index (χ0) is 20.8. The summed E-state index contributed by atoms with van der Waals surface area (Å²) in [7, 11) is -6.26. The average Bonchev–Trinajstić information content (AvgIpc) is 2.57. The van der Waals surface area contributed by atoms with Gasteiger partial charge in [-0.3, -0.25) is 14.0 Å². The lowest BCUT2D eigenvalue weighted by Crippen LogP contribution is -2.34. The van der Waals surface area contributed by atoms with E-state index in [1.54, 1.807) is 27.7 Å². The van der Waals surface area contributed by atoms with Crippen LogP contribution < -0.4 is 0 Å². The maximum atomic E-state index is 12.7. The Labute approximate surface area is 165 Å². The van der Waals surface area contributed by atoms with Crippen molar-refractivity contribution in [3.05, 3.63) is 0 Å². The van der Waals surface area contributed by atoms with Crippen LogP contribution >= 0.6 is 15.2 Å². The summed E-state index contributed by atoms with van der Waals surface area (Å²) in [6.45, 7) is 14.6. The first-order chi connectivity index (χ1) is 12.7. The number of hydrogen-bond donors (Lipinski definition) is 0. The van der Waals surface area contributed by atoms with Crippen LogP contribution in [-0.2, 0) is 32.0 Å². The van der Waals surface area contributed by atoms with Crippen molar-refractivity contribution >= 4 is 15.2 Å². The molecule has 0 aromatic heterocycles. The lowest BCUT2D eigenvalue weighted by molar-refractivity contribution is 0.0604. The van der Waals surface area contributed by atoms with Crippen LogP contribution in [0.25, 0.3) is 0 Å². The first-order valence-corrected chi connectivity index (χ1v) is 13.3. The fraction of sp³-hybridized carbons (Fsp3) is 1.00. The lowest BCUT2D eigenvalue weighted by Gasteiger charge is -2.26. The maximum absolute atomic E-state index is 12.7. The van der Waals surface area contributed by atoms with Crippen LogP contribution in [0.15, 0.2) is 0 Å². The van der Waals surface area contributed by atoms with Crippen LogP contribution in [0, 0.1) is 0 Å². The molecule has 0 bridgehead atoms. The molecular formula is C17H39NO7P2. The minimum atomic E-state index is -3.13. The molecule has 0 fully saturated rings. The van der Waals surface area contributed by atoms with Gasteiger partial charge in [0.05, 0.1) is 51.5 Å². The van der Waals surface area contributed by atoms with Crippen molar-refractivity contribution in [2.75, 3.05) is 65.0 Å². The molecule has 0 rings (SSSR count). The molecule has 0 N–H and O–H groups in total. The molecule has 0 aromatic carbocycles. The van der Waals surface area contributed by atoms with Crippen LogP contribution in [0.1, 0.15) is 41.5 Å². The summed E-state index contributed by atoms with van der Waals surface area (Å²) in [5.74, 6) is 0. The summed E-state index contributed by atoms with van der Waals surface area (Å²) >= 11 is 0. The normalized spacial score (nSPS) is 13.0. The number of rotatable bonds is 18. The van der Waals surface area contributed by atoms with Crippen molar-refractivity contribution in [3.8, 4) is 0 Å². The Morgan fingerprint density at radius 2 is 1.07 bits per heavy atom. The summed E-state index contributed by atoms with van der Waals surface area (Å²) in [5.41, 5.74) is 0. The highest BCUT2D eigenvalue weighted by Gasteiger charge is 2.27. The molecule has 0 radical (unpaired) electrons. The number of ether oxygens (including phenoxy) is 1. The molecule has 0 spiro atoms. The standard InChI is InChI=1S/C17H39NO7P2/c1-7-22-26(19,23-8-2)15-12-18(11-14-21-17(5)6)13-16-27(20,24-9-3)25-10-4/h17H,7-16H2,1-6H3. The summed E-state index contributed by atoms with van der Waals surface area (Å²) in [5, 5.41) is 0. The van der Waals surface area contributed by atoms with Gasteiger partial charge in [0.25, 0.3) is 0 Å². The summed E-state index contributed by atoms with van der Waals surface area (Å²) in [4.78, 5) is 2.04. The average molecular weight is 431 g/mol. The molecule has 0 amide bonds. The Hall–Kier alpha value is 0.220. The van der Waals surface area contributed by atoms with Crippen LogP contribution in [0.3, 0.4) is 0 Å². The molecule has 0 aliphatic heterocycles. The van der Waals surface area contributed by atoms with Crippen molar-refractivity contribution in [3.63, 3.8) is 0 Å². The molecule has 0 atom stereocenters. The summed E-state index contributed by atoms with van der Waals surface area (Å²) in [6, 6.07) is 0. The molecule has 8 nitrogen and oxygen atoms in total. The Bertz CT molecular complexity index is 409. The summed E-state index contributed by atoms with van der Waals surface area (Å²) < 4.78 is 52.4. The van der Waals surface area contributed by atoms with Gasteiger partial charge in [-0.1, -0.05) is 0 Å². The third-order valence-electron chi connectivity index (χ3n) is 3.54. The third-order valence-corrected chi connectivity index (χ3v) is 7.64. The monoisotopic (exact) mass is 431 g/mol. The van der Waals surface area contributed by atoms with Gasteiger partial charge in [0.1, 0.15) is 0 Å². The first kappa shape index (κ1) is 27.2. The van der Waals surface area contributed by atoms with E-state index in [0.29, 0.717) is 52.7 Å². The quantitative estimate of drug-likeness (QED) is 0.298. The number of hydrogen-bond acceptors (Lipinski definition) is 8. The molecule has 0 heterocycles. The van der Waals surface area contributed by atoms with Gasteiger partial charge in [0.15, 0.2) is 0 Å². The van der Waals surface area contributed by atoms with Gasteiger partial charge >= 0.3 is 15.2 Å². The second kappa shape index (κ2) is 15.1. The minimum Gasteiger partial charge on any atom is -0.377 e. The van der Waals surface area contributed by atoms with Crippen molar-refractivity contribution in [1.29, 1.82) is 0 Å². The van der Waals surface area contributed by atoms with Gasteiger partial charge in [-0.2, -0.15) is 0 Å². The topological polar surface area (TPSA) is 83.5 Å². The highest BCUT2D eigenvalue weighted by Crippen LogP contribution is 2.49. The fourth-order valence-electron chi connectivity index (χ4n) is 2.40. The molecule has 0 aliphatic carbocycles. The molecule has 0 saturated heterocycles. The van der Waals surface area contributed by atoms with Gasteiger partial charge in [-0.25, -0.2) is 0 Å².